The van der Waals surface area contributed by atoms with Crippen LogP contribution in [0.15, 0.2) is 34.8 Å². The zero-order valence-corrected chi connectivity index (χ0v) is 15.3. The molecule has 0 saturated carbocycles. The molecule has 2 rings (SSSR count). The molecule has 3 nitrogen and oxygen atoms in total. The topological polar surface area (TPSA) is 33.5 Å². The van der Waals surface area contributed by atoms with Gasteiger partial charge in [0.1, 0.15) is 5.76 Å². The number of aryl methyl sites for hydroxylation is 1. The van der Waals surface area contributed by atoms with Gasteiger partial charge in [-0.25, -0.2) is 0 Å². The van der Waals surface area contributed by atoms with E-state index in [4.69, 9.17) is 4.42 Å². The molecular weight excluding hydrogens is 397 g/mol. The van der Waals surface area contributed by atoms with E-state index in [-0.39, 0.29) is 11.9 Å². The first-order valence-electron chi connectivity index (χ1n) is 6.75. The van der Waals surface area contributed by atoms with Crippen LogP contribution in [0.5, 0.6) is 0 Å². The second kappa shape index (κ2) is 7.26. The molecule has 0 radical (unpaired) electrons. The van der Waals surface area contributed by atoms with E-state index in [9.17, 15) is 4.79 Å². The van der Waals surface area contributed by atoms with Crippen molar-refractivity contribution in [2.24, 2.45) is 0 Å². The lowest BCUT2D eigenvalue weighted by Crippen LogP contribution is -2.34. The van der Waals surface area contributed by atoms with Crippen LogP contribution in [0.25, 0.3) is 6.08 Å². The molecule has 0 atom stereocenters. The molecule has 0 bridgehead atoms. The summed E-state index contributed by atoms with van der Waals surface area (Å²) in [7, 11) is 0. The van der Waals surface area contributed by atoms with E-state index in [2.05, 4.69) is 41.6 Å². The number of nitrogens with zero attached hydrogens (tertiary/aromatic N) is 1. The first-order valence-corrected chi connectivity index (χ1v) is 8.64. The van der Waals surface area contributed by atoms with E-state index in [1.807, 2.05) is 30.9 Å². The quantitative estimate of drug-likeness (QED) is 0.524. The van der Waals surface area contributed by atoms with Gasteiger partial charge in [0.25, 0.3) is 0 Å². The molecule has 1 amide bonds. The number of amides is 1. The van der Waals surface area contributed by atoms with Gasteiger partial charge in [-0.05, 0) is 73.7 Å². The summed E-state index contributed by atoms with van der Waals surface area (Å²) in [4.78, 5) is 16.7. The predicted molar refractivity (Wildman–Crippen MR) is 95.2 cm³/mol. The van der Waals surface area contributed by atoms with Crippen molar-refractivity contribution in [3.05, 3.63) is 49.6 Å². The van der Waals surface area contributed by atoms with Crippen LogP contribution >= 0.6 is 33.9 Å². The fraction of sp³-hybridized carbons (Fsp3) is 0.312. The minimum Gasteiger partial charge on any atom is -0.451 e. The minimum absolute atomic E-state index is 0.00228. The van der Waals surface area contributed by atoms with E-state index in [1.165, 1.54) is 9.75 Å². The van der Waals surface area contributed by atoms with Crippen molar-refractivity contribution < 1.29 is 9.21 Å². The number of carbonyl (C=O) groups is 1. The smallest absolute Gasteiger partial charge is 0.247 e. The molecule has 2 aromatic rings. The fourth-order valence-electron chi connectivity index (χ4n) is 1.92. The van der Waals surface area contributed by atoms with Crippen molar-refractivity contribution in [3.63, 3.8) is 0 Å². The summed E-state index contributed by atoms with van der Waals surface area (Å²) < 4.78 is 6.24. The second-order valence-electron chi connectivity index (χ2n) is 5.05. The number of hydrogen-bond donors (Lipinski definition) is 0. The first kappa shape index (κ1) is 16.3. The summed E-state index contributed by atoms with van der Waals surface area (Å²) in [6.07, 6.45) is 3.30. The number of thiophene rings is 1. The summed E-state index contributed by atoms with van der Waals surface area (Å²) >= 11 is 3.84. The second-order valence-corrected chi connectivity index (χ2v) is 7.48. The van der Waals surface area contributed by atoms with Gasteiger partial charge in [-0.15, -0.1) is 11.3 Å². The van der Waals surface area contributed by atoms with Gasteiger partial charge in [-0.3, -0.25) is 4.79 Å². The summed E-state index contributed by atoms with van der Waals surface area (Å²) in [5.74, 6) is 0.700. The summed E-state index contributed by atoms with van der Waals surface area (Å²) in [5.41, 5.74) is 0. The highest BCUT2D eigenvalue weighted by Gasteiger charge is 2.15. The van der Waals surface area contributed by atoms with Crippen LogP contribution in [-0.2, 0) is 11.3 Å². The molecule has 0 aromatic carbocycles. The highest BCUT2D eigenvalue weighted by Crippen LogP contribution is 2.19. The van der Waals surface area contributed by atoms with Crippen molar-refractivity contribution in [1.82, 2.24) is 4.90 Å². The fourth-order valence-corrected chi connectivity index (χ4v) is 3.24. The summed E-state index contributed by atoms with van der Waals surface area (Å²) in [6, 6.07) is 8.05. The van der Waals surface area contributed by atoms with Crippen LogP contribution < -0.4 is 0 Å². The first-order chi connectivity index (χ1) is 9.95. The Kier molecular flexibility index (Phi) is 5.64. The molecule has 0 saturated heterocycles. The number of halogens is 1. The third kappa shape index (κ3) is 4.71. The third-order valence-corrected chi connectivity index (χ3v) is 4.58. The molecule has 0 aliphatic rings. The van der Waals surface area contributed by atoms with Crippen molar-refractivity contribution in [3.8, 4) is 0 Å². The van der Waals surface area contributed by atoms with Crippen LogP contribution in [0.4, 0.5) is 0 Å². The number of furan rings is 1. The van der Waals surface area contributed by atoms with Crippen molar-refractivity contribution >= 4 is 45.9 Å². The van der Waals surface area contributed by atoms with Gasteiger partial charge in [-0.2, -0.15) is 0 Å². The molecule has 2 heterocycles. The summed E-state index contributed by atoms with van der Waals surface area (Å²) in [5, 5.41) is 0. The molecule has 0 N–H and O–H groups in total. The Balaban J connectivity index is 2.07. The molecule has 21 heavy (non-hydrogen) atoms. The zero-order valence-electron chi connectivity index (χ0n) is 12.3. The zero-order chi connectivity index (χ0) is 15.4. The lowest BCUT2D eigenvalue weighted by molar-refractivity contribution is -0.128. The van der Waals surface area contributed by atoms with Gasteiger partial charge in [0.15, 0.2) is 3.77 Å². The van der Waals surface area contributed by atoms with E-state index >= 15 is 0 Å². The van der Waals surface area contributed by atoms with Crippen molar-refractivity contribution in [2.75, 3.05) is 0 Å². The average molecular weight is 415 g/mol. The average Bonchev–Trinajstić information content (AvgIpc) is 3.01. The van der Waals surface area contributed by atoms with E-state index in [0.29, 0.717) is 12.3 Å². The third-order valence-electron chi connectivity index (χ3n) is 3.01. The molecule has 0 spiro atoms. The Hall–Kier alpha value is -1.08. The van der Waals surface area contributed by atoms with E-state index in [1.54, 1.807) is 23.5 Å². The van der Waals surface area contributed by atoms with Gasteiger partial charge >= 0.3 is 0 Å². The molecule has 0 aliphatic heterocycles. The number of hydrogen-bond acceptors (Lipinski definition) is 3. The van der Waals surface area contributed by atoms with Gasteiger partial charge < -0.3 is 9.32 Å². The Morgan fingerprint density at radius 1 is 1.38 bits per heavy atom. The number of carbonyl (C=O) groups excluding carboxylic acids is 1. The largest absolute Gasteiger partial charge is 0.451 e. The van der Waals surface area contributed by atoms with Gasteiger partial charge in [0.2, 0.25) is 5.91 Å². The van der Waals surface area contributed by atoms with Crippen LogP contribution in [0.3, 0.4) is 0 Å². The Labute approximate surface area is 142 Å². The summed E-state index contributed by atoms with van der Waals surface area (Å²) in [6.45, 7) is 6.78. The van der Waals surface area contributed by atoms with Gasteiger partial charge in [-0.1, -0.05) is 0 Å². The van der Waals surface area contributed by atoms with Crippen molar-refractivity contribution in [2.45, 2.75) is 33.4 Å². The molecule has 2 aromatic heterocycles. The molecule has 0 unspecified atom stereocenters. The maximum atomic E-state index is 12.4. The lowest BCUT2D eigenvalue weighted by Gasteiger charge is -2.24. The van der Waals surface area contributed by atoms with Gasteiger partial charge in [0.05, 0.1) is 6.54 Å². The Morgan fingerprint density at radius 3 is 2.67 bits per heavy atom. The molecule has 0 fully saturated rings. The van der Waals surface area contributed by atoms with Crippen LogP contribution in [0.1, 0.15) is 29.4 Å². The Bertz CT molecular complexity index is 642. The maximum Gasteiger partial charge on any atom is 0.247 e. The standard InChI is InChI=1S/C16H18INO2S/c1-11(2)18(10-14-7-4-12(3)21-14)16(19)9-6-13-5-8-15(17)20-13/h4-9,11H,10H2,1-3H3. The van der Waals surface area contributed by atoms with Crippen LogP contribution in [-0.4, -0.2) is 16.8 Å². The normalized spacial score (nSPS) is 11.5. The monoisotopic (exact) mass is 415 g/mol. The van der Waals surface area contributed by atoms with Crippen LogP contribution in [0.2, 0.25) is 0 Å². The predicted octanol–water partition coefficient (Wildman–Crippen LogP) is 4.70. The highest BCUT2D eigenvalue weighted by atomic mass is 127. The molecule has 112 valence electrons. The highest BCUT2D eigenvalue weighted by molar-refractivity contribution is 14.1. The maximum absolute atomic E-state index is 12.4. The van der Waals surface area contributed by atoms with E-state index in [0.717, 1.165) is 3.77 Å². The molecule has 0 aliphatic carbocycles. The van der Waals surface area contributed by atoms with Crippen LogP contribution in [0, 0.1) is 10.7 Å². The Morgan fingerprint density at radius 2 is 2.14 bits per heavy atom. The molecular formula is C16H18INO2S. The molecule has 5 heteroatoms. The van der Waals surface area contributed by atoms with Crippen molar-refractivity contribution in [1.29, 1.82) is 0 Å². The number of rotatable bonds is 5. The minimum atomic E-state index is 0.00228. The van der Waals surface area contributed by atoms with Gasteiger partial charge in [0, 0.05) is 21.9 Å². The van der Waals surface area contributed by atoms with E-state index < -0.39 is 0 Å². The lowest BCUT2D eigenvalue weighted by atomic mass is 10.2. The SMILES string of the molecule is Cc1ccc(CN(C(=O)C=Cc2ccc(I)o2)C(C)C)s1.